The van der Waals surface area contributed by atoms with Gasteiger partial charge in [-0.1, -0.05) is 18.2 Å². The van der Waals surface area contributed by atoms with Crippen molar-refractivity contribution in [2.75, 3.05) is 5.32 Å². The SMILES string of the molecule is Cc1cn(-c2ccccc2)nc1NC(=O)CC(C)S(=O)(=O)c1ccc(F)cc1. The number of hydrogen-bond acceptors (Lipinski definition) is 4. The number of carbonyl (C=O) groups is 1. The van der Waals surface area contributed by atoms with E-state index in [9.17, 15) is 17.6 Å². The number of aryl methyl sites for hydroxylation is 1. The second-order valence-electron chi connectivity index (χ2n) is 6.50. The van der Waals surface area contributed by atoms with Crippen molar-refractivity contribution in [3.8, 4) is 5.69 Å². The van der Waals surface area contributed by atoms with Crippen LogP contribution in [0.5, 0.6) is 0 Å². The lowest BCUT2D eigenvalue weighted by molar-refractivity contribution is -0.116. The predicted octanol–water partition coefficient (Wildman–Crippen LogP) is 3.51. The first-order valence-electron chi connectivity index (χ1n) is 8.68. The Hall–Kier alpha value is -3.00. The Morgan fingerprint density at radius 3 is 2.43 bits per heavy atom. The van der Waals surface area contributed by atoms with E-state index in [0.29, 0.717) is 5.82 Å². The van der Waals surface area contributed by atoms with Crippen molar-refractivity contribution in [3.05, 3.63) is 72.2 Å². The number of halogens is 1. The van der Waals surface area contributed by atoms with Crippen LogP contribution in [-0.4, -0.2) is 29.4 Å². The number of nitrogens with one attached hydrogen (secondary N) is 1. The van der Waals surface area contributed by atoms with E-state index in [4.69, 9.17) is 0 Å². The van der Waals surface area contributed by atoms with Crippen LogP contribution in [0.2, 0.25) is 0 Å². The molecular weight excluding hydrogens is 381 g/mol. The molecule has 1 atom stereocenters. The highest BCUT2D eigenvalue weighted by atomic mass is 32.2. The molecule has 3 rings (SSSR count). The molecule has 1 amide bonds. The maximum atomic E-state index is 13.0. The largest absolute Gasteiger partial charge is 0.309 e. The molecule has 28 heavy (non-hydrogen) atoms. The van der Waals surface area contributed by atoms with Gasteiger partial charge in [0.15, 0.2) is 15.7 Å². The smallest absolute Gasteiger partial charge is 0.226 e. The summed E-state index contributed by atoms with van der Waals surface area (Å²) in [5.41, 5.74) is 1.60. The van der Waals surface area contributed by atoms with Crippen molar-refractivity contribution in [1.82, 2.24) is 9.78 Å². The first kappa shape index (κ1) is 19.8. The van der Waals surface area contributed by atoms with Gasteiger partial charge >= 0.3 is 0 Å². The van der Waals surface area contributed by atoms with Gasteiger partial charge in [0.1, 0.15) is 5.82 Å². The molecule has 8 heteroatoms. The van der Waals surface area contributed by atoms with Crippen molar-refractivity contribution >= 4 is 21.6 Å². The van der Waals surface area contributed by atoms with Gasteiger partial charge in [-0.15, -0.1) is 5.10 Å². The summed E-state index contributed by atoms with van der Waals surface area (Å²) in [5, 5.41) is 6.06. The third-order valence-electron chi connectivity index (χ3n) is 4.32. The van der Waals surface area contributed by atoms with Gasteiger partial charge in [-0.3, -0.25) is 4.79 Å². The Labute approximate surface area is 162 Å². The van der Waals surface area contributed by atoms with Gasteiger partial charge in [-0.05, 0) is 50.2 Å². The minimum absolute atomic E-state index is 0.0151. The van der Waals surface area contributed by atoms with E-state index in [0.717, 1.165) is 23.4 Å². The standard InChI is InChI=1S/C20H20FN3O3S/c1-14-13-24(17-6-4-3-5-7-17)23-20(14)22-19(25)12-15(2)28(26,27)18-10-8-16(21)9-11-18/h3-11,13,15H,12H2,1-2H3,(H,22,23,25). The van der Waals surface area contributed by atoms with Gasteiger partial charge < -0.3 is 5.32 Å². The molecular formula is C20H20FN3O3S. The van der Waals surface area contributed by atoms with E-state index in [1.165, 1.54) is 19.1 Å². The molecule has 6 nitrogen and oxygen atoms in total. The van der Waals surface area contributed by atoms with Gasteiger partial charge in [-0.2, -0.15) is 0 Å². The average Bonchev–Trinajstić information content (AvgIpc) is 3.03. The van der Waals surface area contributed by atoms with Crippen LogP contribution >= 0.6 is 0 Å². The Balaban J connectivity index is 1.70. The fourth-order valence-electron chi connectivity index (χ4n) is 2.71. The minimum atomic E-state index is -3.74. The van der Waals surface area contributed by atoms with Gasteiger partial charge in [0.05, 0.1) is 15.8 Å². The molecule has 0 aliphatic rings. The molecule has 1 unspecified atom stereocenters. The summed E-state index contributed by atoms with van der Waals surface area (Å²) >= 11 is 0. The van der Waals surface area contributed by atoms with E-state index >= 15 is 0 Å². The van der Waals surface area contributed by atoms with Crippen molar-refractivity contribution in [1.29, 1.82) is 0 Å². The number of benzene rings is 2. The van der Waals surface area contributed by atoms with E-state index in [-0.39, 0.29) is 11.3 Å². The van der Waals surface area contributed by atoms with Gasteiger partial charge in [0.25, 0.3) is 0 Å². The van der Waals surface area contributed by atoms with Crippen molar-refractivity contribution in [3.63, 3.8) is 0 Å². The summed E-state index contributed by atoms with van der Waals surface area (Å²) in [6.45, 7) is 3.26. The third-order valence-corrected chi connectivity index (χ3v) is 6.48. The van der Waals surface area contributed by atoms with Crippen LogP contribution < -0.4 is 5.32 Å². The van der Waals surface area contributed by atoms with Crippen LogP contribution in [0.4, 0.5) is 10.2 Å². The van der Waals surface area contributed by atoms with Gasteiger partial charge in [0.2, 0.25) is 5.91 Å². The van der Waals surface area contributed by atoms with Gasteiger partial charge in [-0.25, -0.2) is 17.5 Å². The zero-order valence-electron chi connectivity index (χ0n) is 15.5. The number of anilines is 1. The molecule has 1 heterocycles. The Bertz CT molecular complexity index is 1080. The molecule has 1 N–H and O–H groups in total. The monoisotopic (exact) mass is 401 g/mol. The topological polar surface area (TPSA) is 81.1 Å². The number of carbonyl (C=O) groups excluding carboxylic acids is 1. The summed E-state index contributed by atoms with van der Waals surface area (Å²) in [6.07, 6.45) is 1.54. The van der Waals surface area contributed by atoms with Crippen LogP contribution in [0.3, 0.4) is 0 Å². The number of para-hydroxylation sites is 1. The molecule has 1 aromatic heterocycles. The third kappa shape index (κ3) is 4.28. The normalized spacial score (nSPS) is 12.5. The lowest BCUT2D eigenvalue weighted by atomic mass is 10.3. The fraction of sp³-hybridized carbons (Fsp3) is 0.200. The van der Waals surface area contributed by atoms with Crippen LogP contribution in [0.25, 0.3) is 5.69 Å². The molecule has 2 aromatic carbocycles. The molecule has 0 aliphatic carbocycles. The average molecular weight is 401 g/mol. The number of rotatable bonds is 6. The zero-order valence-corrected chi connectivity index (χ0v) is 16.3. The number of sulfone groups is 1. The highest BCUT2D eigenvalue weighted by Gasteiger charge is 2.26. The fourth-order valence-corrected chi connectivity index (χ4v) is 4.06. The first-order valence-corrected chi connectivity index (χ1v) is 10.2. The minimum Gasteiger partial charge on any atom is -0.309 e. The first-order chi connectivity index (χ1) is 13.3. The van der Waals surface area contributed by atoms with Gasteiger partial charge in [0, 0.05) is 18.2 Å². The second kappa shape index (κ2) is 7.93. The second-order valence-corrected chi connectivity index (χ2v) is 8.87. The molecule has 0 saturated heterocycles. The molecule has 0 saturated carbocycles. The predicted molar refractivity (Wildman–Crippen MR) is 105 cm³/mol. The quantitative estimate of drug-likeness (QED) is 0.641. The zero-order chi connectivity index (χ0) is 20.3. The van der Waals surface area contributed by atoms with E-state index in [1.54, 1.807) is 17.8 Å². The summed E-state index contributed by atoms with van der Waals surface area (Å²) in [4.78, 5) is 12.4. The Kier molecular flexibility index (Phi) is 5.60. The molecule has 0 bridgehead atoms. The molecule has 0 spiro atoms. The van der Waals surface area contributed by atoms with Crippen molar-refractivity contribution < 1.29 is 17.6 Å². The van der Waals surface area contributed by atoms with E-state index in [1.807, 2.05) is 30.3 Å². The lowest BCUT2D eigenvalue weighted by Crippen LogP contribution is -2.25. The highest BCUT2D eigenvalue weighted by Crippen LogP contribution is 2.20. The number of aromatic nitrogens is 2. The molecule has 3 aromatic rings. The molecule has 0 fully saturated rings. The van der Waals surface area contributed by atoms with Crippen LogP contribution in [0.1, 0.15) is 18.9 Å². The summed E-state index contributed by atoms with van der Waals surface area (Å²) in [7, 11) is -3.74. The maximum absolute atomic E-state index is 13.0. The van der Waals surface area contributed by atoms with Crippen LogP contribution in [0.15, 0.2) is 65.7 Å². The number of nitrogens with zero attached hydrogens (tertiary/aromatic N) is 2. The Morgan fingerprint density at radius 1 is 1.14 bits per heavy atom. The van der Waals surface area contributed by atoms with Crippen LogP contribution in [0, 0.1) is 12.7 Å². The molecule has 0 radical (unpaired) electrons. The van der Waals surface area contributed by atoms with E-state index < -0.39 is 26.8 Å². The van der Waals surface area contributed by atoms with Crippen molar-refractivity contribution in [2.24, 2.45) is 0 Å². The summed E-state index contributed by atoms with van der Waals surface area (Å²) < 4.78 is 39.8. The maximum Gasteiger partial charge on any atom is 0.226 e. The summed E-state index contributed by atoms with van der Waals surface area (Å²) in [6, 6.07) is 14.0. The Morgan fingerprint density at radius 2 is 1.79 bits per heavy atom. The summed E-state index contributed by atoms with van der Waals surface area (Å²) in [5.74, 6) is -0.603. The molecule has 0 aliphatic heterocycles. The number of amides is 1. The lowest BCUT2D eigenvalue weighted by Gasteiger charge is -2.12. The van der Waals surface area contributed by atoms with E-state index in [2.05, 4.69) is 10.4 Å². The molecule has 146 valence electrons. The van der Waals surface area contributed by atoms with Crippen LogP contribution in [-0.2, 0) is 14.6 Å². The highest BCUT2D eigenvalue weighted by molar-refractivity contribution is 7.92. The number of hydrogen-bond donors (Lipinski definition) is 1. The van der Waals surface area contributed by atoms with Crippen molar-refractivity contribution in [2.45, 2.75) is 30.4 Å².